The Hall–Kier alpha value is -4.66. The summed E-state index contributed by atoms with van der Waals surface area (Å²) >= 11 is 0. The molecule has 0 atom stereocenters. The van der Waals surface area contributed by atoms with Crippen LogP contribution >= 0.6 is 0 Å². The molecule has 0 aliphatic heterocycles. The molecule has 0 heterocycles. The number of hydrogen-bond acceptors (Lipinski definition) is 7. The average Bonchev–Trinajstić information content (AvgIpc) is 3.03. The molecule has 21 heteroatoms. The minimum absolute atomic E-state index is 0.133. The van der Waals surface area contributed by atoms with E-state index >= 15 is 0 Å². The first-order valence-electron chi connectivity index (χ1n) is 14.2. The lowest BCUT2D eigenvalue weighted by Gasteiger charge is -2.33. The number of benzene rings is 4. The van der Waals surface area contributed by atoms with Crippen molar-refractivity contribution >= 4 is 20.2 Å². The van der Waals surface area contributed by atoms with E-state index in [-0.39, 0.29) is 36.4 Å². The molecular weight excluding hydrogens is 788 g/mol. The molecule has 0 aromatic heterocycles. The first kappa shape index (κ1) is 41.1. The quantitative estimate of drug-likeness (QED) is 0.0926. The van der Waals surface area contributed by atoms with E-state index in [1.165, 1.54) is 0 Å². The Labute approximate surface area is 293 Å². The molecular formula is C32H22F12O7S2. The van der Waals surface area contributed by atoms with Gasteiger partial charge in [-0.3, -0.25) is 0 Å². The highest BCUT2D eigenvalue weighted by Crippen LogP contribution is 2.57. The van der Waals surface area contributed by atoms with Crippen molar-refractivity contribution in [2.75, 3.05) is 12.5 Å². The molecule has 0 bridgehead atoms. The maximum absolute atomic E-state index is 15.0. The second kappa shape index (κ2) is 13.6. The monoisotopic (exact) mass is 810 g/mol. The van der Waals surface area contributed by atoms with Crippen molar-refractivity contribution in [2.45, 2.75) is 35.5 Å². The number of alkyl halides is 12. The number of hydrogen-bond donors (Lipinski definition) is 0. The number of halogens is 12. The molecule has 0 amide bonds. The Morgan fingerprint density at radius 3 is 0.962 bits per heavy atom. The van der Waals surface area contributed by atoms with Crippen molar-refractivity contribution in [3.8, 4) is 23.0 Å². The van der Waals surface area contributed by atoms with Crippen LogP contribution in [0, 0.1) is 0 Å². The summed E-state index contributed by atoms with van der Waals surface area (Å²) < 4.78 is 238. The van der Waals surface area contributed by atoms with Gasteiger partial charge >= 0.3 is 55.8 Å². The molecule has 0 saturated heterocycles. The molecule has 7 nitrogen and oxygen atoms in total. The van der Waals surface area contributed by atoms with Crippen molar-refractivity contribution in [3.63, 3.8) is 0 Å². The lowest BCUT2D eigenvalue weighted by molar-refractivity contribution is -0.321. The summed E-state index contributed by atoms with van der Waals surface area (Å²) in [5, 5.41) is 0. The Morgan fingerprint density at radius 2 is 0.679 bits per heavy atom. The second-order valence-electron chi connectivity index (χ2n) is 11.2. The predicted molar refractivity (Wildman–Crippen MR) is 162 cm³/mol. The van der Waals surface area contributed by atoms with Crippen LogP contribution < -0.4 is 13.1 Å². The van der Waals surface area contributed by atoms with E-state index < -0.39 is 101 Å². The van der Waals surface area contributed by atoms with Gasteiger partial charge in [0.2, 0.25) is 0 Å². The van der Waals surface area contributed by atoms with E-state index in [0.717, 1.165) is 12.1 Å². The maximum Gasteiger partial charge on any atom is 0.380 e. The Bertz CT molecular complexity index is 2020. The predicted octanol–water partition coefficient (Wildman–Crippen LogP) is 9.19. The van der Waals surface area contributed by atoms with Crippen molar-refractivity contribution in [1.29, 1.82) is 0 Å². The molecule has 0 spiro atoms. The molecule has 288 valence electrons. The van der Waals surface area contributed by atoms with Gasteiger partial charge in [0.1, 0.15) is 23.0 Å². The summed E-state index contributed by atoms with van der Waals surface area (Å²) in [6, 6.07) is 7.20. The van der Waals surface area contributed by atoms with Crippen LogP contribution in [0.25, 0.3) is 0 Å². The van der Waals surface area contributed by atoms with Crippen LogP contribution in [0.5, 0.6) is 23.0 Å². The molecule has 4 aromatic carbocycles. The summed E-state index contributed by atoms with van der Waals surface area (Å²) in [5.74, 6) is -37.4. The van der Waals surface area contributed by atoms with Crippen molar-refractivity contribution < 1.29 is 82.6 Å². The highest BCUT2D eigenvalue weighted by atomic mass is 32.2. The second-order valence-corrected chi connectivity index (χ2v) is 14.4. The van der Waals surface area contributed by atoms with Crippen LogP contribution in [0.3, 0.4) is 0 Å². The van der Waals surface area contributed by atoms with Crippen LogP contribution in [0.4, 0.5) is 52.7 Å². The zero-order chi connectivity index (χ0) is 40.1. The van der Waals surface area contributed by atoms with Gasteiger partial charge in [0.15, 0.2) is 0 Å². The molecule has 0 unspecified atom stereocenters. The van der Waals surface area contributed by atoms with Gasteiger partial charge in [-0.2, -0.15) is 69.5 Å². The van der Waals surface area contributed by atoms with Gasteiger partial charge in [-0.1, -0.05) is 24.3 Å². The van der Waals surface area contributed by atoms with Crippen molar-refractivity contribution in [1.82, 2.24) is 0 Å². The maximum atomic E-state index is 15.0. The first-order valence-corrected chi connectivity index (χ1v) is 17.8. The lowest BCUT2D eigenvalue weighted by atomic mass is 9.92. The van der Waals surface area contributed by atoms with Crippen LogP contribution in [-0.2, 0) is 43.9 Å². The van der Waals surface area contributed by atoms with Crippen LogP contribution in [0.2, 0.25) is 0 Å². The van der Waals surface area contributed by atoms with Gasteiger partial charge in [-0.05, 0) is 72.8 Å². The summed E-state index contributed by atoms with van der Waals surface area (Å²) in [4.78, 5) is 0. The van der Waals surface area contributed by atoms with E-state index in [2.05, 4.69) is 8.37 Å². The third-order valence-electron chi connectivity index (χ3n) is 7.14. The van der Waals surface area contributed by atoms with Crippen molar-refractivity contribution in [3.05, 3.63) is 119 Å². The number of rotatable bonds is 14. The van der Waals surface area contributed by atoms with E-state index in [1.54, 1.807) is 0 Å². The molecule has 4 aromatic rings. The molecule has 0 N–H and O–H groups in total. The van der Waals surface area contributed by atoms with Crippen LogP contribution in [-0.4, -0.2) is 41.2 Å². The zero-order valence-corrected chi connectivity index (χ0v) is 28.1. The standard InChI is InChI=1S/C32H22F12O7S2/c1-52(45,46)50-25-7-3-5-21(17-25)29(37,38)31(41,42)27(33,34)19-9-13-23(14-10-19)49-24-15-11-20(12-16-24)28(35,36)32(43,44)30(39,40)22-6-4-8-26(18-22)51-53(2,47)48/h3-18H,1-2H3. The molecule has 0 radical (unpaired) electrons. The smallest absolute Gasteiger partial charge is 0.380 e. The third-order valence-corrected chi connectivity index (χ3v) is 8.13. The fourth-order valence-electron chi connectivity index (χ4n) is 4.56. The molecule has 0 saturated carbocycles. The van der Waals surface area contributed by atoms with Crippen LogP contribution in [0.15, 0.2) is 97.1 Å². The third kappa shape index (κ3) is 8.14. The summed E-state index contributed by atoms with van der Waals surface area (Å²) in [6.45, 7) is 0. The van der Waals surface area contributed by atoms with Gasteiger partial charge < -0.3 is 13.1 Å². The van der Waals surface area contributed by atoms with Gasteiger partial charge in [-0.25, -0.2) is 0 Å². The van der Waals surface area contributed by atoms with Gasteiger partial charge in [0.25, 0.3) is 0 Å². The fraction of sp³-hybridized carbons (Fsp3) is 0.250. The Balaban J connectivity index is 1.53. The average molecular weight is 811 g/mol. The van der Waals surface area contributed by atoms with E-state index in [1.807, 2.05) is 0 Å². The fourth-order valence-corrected chi connectivity index (χ4v) is 5.46. The highest BCUT2D eigenvalue weighted by molar-refractivity contribution is 7.86. The van der Waals surface area contributed by atoms with E-state index in [9.17, 15) is 69.5 Å². The van der Waals surface area contributed by atoms with Gasteiger partial charge in [-0.15, -0.1) is 0 Å². The summed E-state index contributed by atoms with van der Waals surface area (Å²) in [7, 11) is -8.62. The minimum atomic E-state index is -6.14. The van der Waals surface area contributed by atoms with E-state index in [4.69, 9.17) is 4.74 Å². The molecule has 0 aliphatic rings. The molecule has 0 fully saturated rings. The minimum Gasteiger partial charge on any atom is -0.457 e. The first-order chi connectivity index (χ1) is 24.0. The SMILES string of the molecule is CS(=O)(=O)Oc1cccc(C(F)(F)C(F)(F)C(F)(F)c2ccc(Oc3ccc(C(F)(F)C(F)(F)C(F)(F)c4cccc(OS(C)(=O)=O)c4)cc3)cc2)c1. The molecule has 53 heavy (non-hydrogen) atoms. The normalized spacial score (nSPS) is 13.8. The van der Waals surface area contributed by atoms with Crippen molar-refractivity contribution in [2.24, 2.45) is 0 Å². The van der Waals surface area contributed by atoms with Crippen LogP contribution in [0.1, 0.15) is 22.3 Å². The highest BCUT2D eigenvalue weighted by Gasteiger charge is 2.73. The topological polar surface area (TPSA) is 96.0 Å². The molecule has 4 rings (SSSR count). The molecule has 0 aliphatic carbocycles. The largest absolute Gasteiger partial charge is 0.457 e. The Morgan fingerprint density at radius 1 is 0.396 bits per heavy atom. The summed E-state index contributed by atoms with van der Waals surface area (Å²) in [5.41, 5.74) is -6.76. The zero-order valence-electron chi connectivity index (χ0n) is 26.4. The number of ether oxygens (including phenoxy) is 1. The van der Waals surface area contributed by atoms with Gasteiger partial charge in [0, 0.05) is 22.3 Å². The van der Waals surface area contributed by atoms with E-state index in [0.29, 0.717) is 61.0 Å². The van der Waals surface area contributed by atoms with Gasteiger partial charge in [0.05, 0.1) is 12.5 Å². The lowest BCUT2D eigenvalue weighted by Crippen LogP contribution is -2.50. The summed E-state index contributed by atoms with van der Waals surface area (Å²) in [6.07, 6.45) is 1.03. The Kier molecular flexibility index (Phi) is 10.6.